The molecule has 6 heteroatoms. The van der Waals surface area contributed by atoms with Crippen molar-refractivity contribution < 1.29 is 23.3 Å². The van der Waals surface area contributed by atoms with Crippen molar-refractivity contribution in [3.05, 3.63) is 64.2 Å². The largest absolute Gasteiger partial charge is 0.527 e. The standard InChI is InChI=1S/C18H21O5P/c1-5-22-24(20,21)23-16-9-7-6-8-15(16)18(19)17-13(3)10-12(2)11-14(17)4/h6-11H,5H2,1-4H3,(H,20,21). The highest BCUT2D eigenvalue weighted by atomic mass is 31.2. The molecule has 128 valence electrons. The van der Waals surface area contributed by atoms with E-state index >= 15 is 0 Å². The molecule has 0 aromatic heterocycles. The quantitative estimate of drug-likeness (QED) is 0.620. The minimum Gasteiger partial charge on any atom is -0.403 e. The topological polar surface area (TPSA) is 72.8 Å². The molecule has 0 spiro atoms. The monoisotopic (exact) mass is 348 g/mol. The molecule has 0 aliphatic rings. The lowest BCUT2D eigenvalue weighted by molar-refractivity contribution is 0.103. The van der Waals surface area contributed by atoms with E-state index < -0.39 is 7.82 Å². The fraction of sp³-hybridized carbons (Fsp3) is 0.278. The molecule has 0 saturated carbocycles. The zero-order valence-corrected chi connectivity index (χ0v) is 15.1. The summed E-state index contributed by atoms with van der Waals surface area (Å²) in [5, 5.41) is 0. The second-order valence-electron chi connectivity index (χ2n) is 5.58. The summed E-state index contributed by atoms with van der Waals surface area (Å²) in [6.07, 6.45) is 0. The fourth-order valence-electron chi connectivity index (χ4n) is 2.72. The number of phosphoric acid groups is 1. The SMILES string of the molecule is CCOP(=O)(O)Oc1ccccc1C(=O)c1c(C)cc(C)cc1C. The Hall–Kier alpha value is -1.94. The Labute approximate surface area is 141 Å². The van der Waals surface area contributed by atoms with Crippen molar-refractivity contribution in [3.63, 3.8) is 0 Å². The van der Waals surface area contributed by atoms with E-state index in [1.54, 1.807) is 25.1 Å². The van der Waals surface area contributed by atoms with Crippen molar-refractivity contribution in [3.8, 4) is 5.75 Å². The van der Waals surface area contributed by atoms with Gasteiger partial charge in [0.2, 0.25) is 0 Å². The number of carbonyl (C=O) groups is 1. The van der Waals surface area contributed by atoms with Gasteiger partial charge in [0.15, 0.2) is 5.78 Å². The molecular weight excluding hydrogens is 327 g/mol. The van der Waals surface area contributed by atoms with Crippen LogP contribution >= 0.6 is 7.82 Å². The van der Waals surface area contributed by atoms with Crippen LogP contribution in [0.1, 0.15) is 39.5 Å². The predicted molar refractivity (Wildman–Crippen MR) is 92.6 cm³/mol. The van der Waals surface area contributed by atoms with Crippen LogP contribution in [0.25, 0.3) is 0 Å². The van der Waals surface area contributed by atoms with Crippen LogP contribution in [0.15, 0.2) is 36.4 Å². The van der Waals surface area contributed by atoms with Crippen LogP contribution in [0.2, 0.25) is 0 Å². The number of ketones is 1. The molecule has 2 aromatic rings. The summed E-state index contributed by atoms with van der Waals surface area (Å²) in [5.74, 6) is -0.224. The zero-order chi connectivity index (χ0) is 17.9. The molecule has 5 nitrogen and oxygen atoms in total. The van der Waals surface area contributed by atoms with Crippen LogP contribution in [0.3, 0.4) is 0 Å². The Morgan fingerprint density at radius 1 is 1.12 bits per heavy atom. The number of hydrogen-bond donors (Lipinski definition) is 1. The van der Waals surface area contributed by atoms with Crippen LogP contribution in [0.5, 0.6) is 5.75 Å². The number of rotatable bonds is 6. The van der Waals surface area contributed by atoms with Crippen molar-refractivity contribution in [1.82, 2.24) is 0 Å². The van der Waals surface area contributed by atoms with Gasteiger partial charge in [0, 0.05) is 5.56 Å². The van der Waals surface area contributed by atoms with E-state index in [9.17, 15) is 14.3 Å². The van der Waals surface area contributed by atoms with E-state index in [1.807, 2.05) is 32.9 Å². The third-order valence-corrected chi connectivity index (χ3v) is 4.55. The fourth-order valence-corrected chi connectivity index (χ4v) is 3.51. The van der Waals surface area contributed by atoms with Gasteiger partial charge in [-0.2, -0.15) is 0 Å². The van der Waals surface area contributed by atoms with Crippen molar-refractivity contribution in [2.75, 3.05) is 6.61 Å². The number of carbonyl (C=O) groups excluding carboxylic acids is 1. The first-order chi connectivity index (χ1) is 11.2. The number of phosphoric ester groups is 1. The molecule has 0 aliphatic heterocycles. The summed E-state index contributed by atoms with van der Waals surface area (Å²) in [6.45, 7) is 7.32. The van der Waals surface area contributed by atoms with E-state index in [2.05, 4.69) is 0 Å². The minimum atomic E-state index is -4.26. The highest BCUT2D eigenvalue weighted by Gasteiger charge is 2.26. The number of hydrogen-bond acceptors (Lipinski definition) is 4. The molecule has 0 bridgehead atoms. The smallest absolute Gasteiger partial charge is 0.403 e. The van der Waals surface area contributed by atoms with Crippen molar-refractivity contribution in [2.45, 2.75) is 27.7 Å². The molecule has 24 heavy (non-hydrogen) atoms. The summed E-state index contributed by atoms with van der Waals surface area (Å²) < 4.78 is 21.7. The maximum Gasteiger partial charge on any atom is 0.527 e. The first kappa shape index (κ1) is 18.4. The summed E-state index contributed by atoms with van der Waals surface area (Å²) in [6, 6.07) is 10.2. The molecule has 2 aromatic carbocycles. The van der Waals surface area contributed by atoms with Crippen LogP contribution in [0, 0.1) is 20.8 Å². The Bertz CT molecular complexity index is 790. The van der Waals surface area contributed by atoms with Gasteiger partial charge < -0.3 is 4.52 Å². The molecular formula is C18H21O5P. The predicted octanol–water partition coefficient (Wildman–Crippen LogP) is 4.36. The summed E-state index contributed by atoms with van der Waals surface area (Å²) >= 11 is 0. The molecule has 1 unspecified atom stereocenters. The molecule has 0 fully saturated rings. The molecule has 0 saturated heterocycles. The normalized spacial score (nSPS) is 13.4. The van der Waals surface area contributed by atoms with Gasteiger partial charge in [0.25, 0.3) is 0 Å². The van der Waals surface area contributed by atoms with Crippen LogP contribution in [0.4, 0.5) is 0 Å². The molecule has 1 atom stereocenters. The highest BCUT2D eigenvalue weighted by molar-refractivity contribution is 7.47. The minimum absolute atomic E-state index is 0.0278. The Morgan fingerprint density at radius 2 is 1.71 bits per heavy atom. The first-order valence-electron chi connectivity index (χ1n) is 7.63. The third kappa shape index (κ3) is 4.12. The van der Waals surface area contributed by atoms with Gasteiger partial charge in [-0.1, -0.05) is 29.8 Å². The van der Waals surface area contributed by atoms with Gasteiger partial charge in [-0.05, 0) is 51.0 Å². The second-order valence-corrected chi connectivity index (χ2v) is 6.95. The van der Waals surface area contributed by atoms with Crippen LogP contribution in [-0.2, 0) is 9.09 Å². The van der Waals surface area contributed by atoms with E-state index in [4.69, 9.17) is 9.05 Å². The van der Waals surface area contributed by atoms with E-state index in [-0.39, 0.29) is 23.7 Å². The first-order valence-corrected chi connectivity index (χ1v) is 9.13. The Morgan fingerprint density at radius 3 is 2.29 bits per heavy atom. The van der Waals surface area contributed by atoms with Gasteiger partial charge in [-0.3, -0.25) is 14.2 Å². The summed E-state index contributed by atoms with van der Waals surface area (Å²) in [7, 11) is -4.26. The van der Waals surface area contributed by atoms with Crippen molar-refractivity contribution >= 4 is 13.6 Å². The van der Waals surface area contributed by atoms with E-state index in [0.717, 1.165) is 16.7 Å². The van der Waals surface area contributed by atoms with Gasteiger partial charge in [0.05, 0.1) is 12.2 Å². The number of para-hydroxylation sites is 1. The van der Waals surface area contributed by atoms with Gasteiger partial charge in [0.1, 0.15) is 5.75 Å². The average Bonchev–Trinajstić information content (AvgIpc) is 2.45. The number of aryl methyl sites for hydroxylation is 3. The molecule has 0 radical (unpaired) electrons. The average molecular weight is 348 g/mol. The lowest BCUT2D eigenvalue weighted by Gasteiger charge is -2.16. The van der Waals surface area contributed by atoms with Gasteiger partial charge in [-0.25, -0.2) is 4.57 Å². The van der Waals surface area contributed by atoms with Crippen LogP contribution < -0.4 is 4.52 Å². The number of benzene rings is 2. The van der Waals surface area contributed by atoms with Gasteiger partial charge >= 0.3 is 7.82 Å². The Balaban J connectivity index is 2.47. The maximum absolute atomic E-state index is 13.0. The van der Waals surface area contributed by atoms with Crippen LogP contribution in [-0.4, -0.2) is 17.3 Å². The summed E-state index contributed by atoms with van der Waals surface area (Å²) in [4.78, 5) is 22.7. The van der Waals surface area contributed by atoms with Gasteiger partial charge in [-0.15, -0.1) is 0 Å². The molecule has 1 N–H and O–H groups in total. The molecule has 2 rings (SSSR count). The molecule has 0 amide bonds. The zero-order valence-electron chi connectivity index (χ0n) is 14.2. The van der Waals surface area contributed by atoms with E-state index in [1.165, 1.54) is 6.07 Å². The van der Waals surface area contributed by atoms with Crippen molar-refractivity contribution in [1.29, 1.82) is 0 Å². The maximum atomic E-state index is 13.0. The Kier molecular flexibility index (Phi) is 5.60. The molecule has 0 aliphatic carbocycles. The highest BCUT2D eigenvalue weighted by Crippen LogP contribution is 2.45. The lowest BCUT2D eigenvalue weighted by atomic mass is 9.93. The van der Waals surface area contributed by atoms with Crippen molar-refractivity contribution in [2.24, 2.45) is 0 Å². The third-order valence-electron chi connectivity index (χ3n) is 3.54. The second kappa shape index (κ2) is 7.31. The van der Waals surface area contributed by atoms with E-state index in [0.29, 0.717) is 5.56 Å². The summed E-state index contributed by atoms with van der Waals surface area (Å²) in [5.41, 5.74) is 3.57. The molecule has 0 heterocycles. The lowest BCUT2D eigenvalue weighted by Crippen LogP contribution is -2.09.